The number of nitrogens with one attached hydrogen (secondary N) is 1. The fourth-order valence-corrected chi connectivity index (χ4v) is 1.39. The second-order valence-electron chi connectivity index (χ2n) is 4.30. The lowest BCUT2D eigenvalue weighted by Crippen LogP contribution is -2.37. The van der Waals surface area contributed by atoms with E-state index in [2.05, 4.69) is 11.2 Å². The minimum Gasteiger partial charge on any atom is -0.497 e. The molecule has 0 spiro atoms. The molecule has 0 heterocycles. The van der Waals surface area contributed by atoms with E-state index in [1.54, 1.807) is 14.2 Å². The van der Waals surface area contributed by atoms with Crippen molar-refractivity contribution in [2.45, 2.75) is 25.9 Å². The van der Waals surface area contributed by atoms with Crippen LogP contribution in [0, 0.1) is 12.3 Å². The van der Waals surface area contributed by atoms with Gasteiger partial charge in [0.25, 0.3) is 0 Å². The zero-order chi connectivity index (χ0) is 12.9. The molecule has 0 amide bonds. The SMILES string of the molecule is C#CC(C)(C)NCc1cc(OC)ccc1OC. The van der Waals surface area contributed by atoms with Crippen molar-refractivity contribution in [3.05, 3.63) is 23.8 Å². The van der Waals surface area contributed by atoms with Crippen LogP contribution in [0.3, 0.4) is 0 Å². The number of rotatable bonds is 5. The molecule has 3 heteroatoms. The number of methoxy groups -OCH3 is 2. The highest BCUT2D eigenvalue weighted by Gasteiger charge is 2.14. The molecule has 1 aromatic carbocycles. The van der Waals surface area contributed by atoms with Gasteiger partial charge < -0.3 is 9.47 Å². The highest BCUT2D eigenvalue weighted by atomic mass is 16.5. The first-order valence-corrected chi connectivity index (χ1v) is 5.46. The van der Waals surface area contributed by atoms with Crippen LogP contribution in [0.2, 0.25) is 0 Å². The fraction of sp³-hybridized carbons (Fsp3) is 0.429. The highest BCUT2D eigenvalue weighted by molar-refractivity contribution is 5.40. The molecule has 1 rings (SSSR count). The maximum absolute atomic E-state index is 5.43. The summed E-state index contributed by atoms with van der Waals surface area (Å²) in [5, 5.41) is 3.28. The third-order valence-electron chi connectivity index (χ3n) is 2.57. The summed E-state index contributed by atoms with van der Waals surface area (Å²) in [6.07, 6.45) is 5.43. The van der Waals surface area contributed by atoms with Crippen LogP contribution >= 0.6 is 0 Å². The quantitative estimate of drug-likeness (QED) is 0.791. The lowest BCUT2D eigenvalue weighted by atomic mass is 10.1. The van der Waals surface area contributed by atoms with Crippen LogP contribution < -0.4 is 14.8 Å². The predicted octanol–water partition coefficient (Wildman–Crippen LogP) is 2.21. The summed E-state index contributed by atoms with van der Waals surface area (Å²) in [4.78, 5) is 0. The molecule has 0 aromatic heterocycles. The summed E-state index contributed by atoms with van der Waals surface area (Å²) in [7, 11) is 3.29. The average molecular weight is 233 g/mol. The van der Waals surface area contributed by atoms with Gasteiger partial charge in [-0.15, -0.1) is 6.42 Å². The van der Waals surface area contributed by atoms with Gasteiger partial charge in [0.2, 0.25) is 0 Å². The maximum atomic E-state index is 5.43. The Morgan fingerprint density at radius 3 is 2.53 bits per heavy atom. The largest absolute Gasteiger partial charge is 0.497 e. The maximum Gasteiger partial charge on any atom is 0.123 e. The Kier molecular flexibility index (Phi) is 4.42. The minimum atomic E-state index is -0.339. The molecular weight excluding hydrogens is 214 g/mol. The van der Waals surface area contributed by atoms with Crippen molar-refractivity contribution in [3.63, 3.8) is 0 Å². The van der Waals surface area contributed by atoms with Crippen molar-refractivity contribution in [2.75, 3.05) is 14.2 Å². The molecule has 0 saturated carbocycles. The Labute approximate surface area is 103 Å². The molecule has 17 heavy (non-hydrogen) atoms. The summed E-state index contributed by atoms with van der Waals surface area (Å²) in [6.45, 7) is 4.55. The smallest absolute Gasteiger partial charge is 0.123 e. The molecule has 0 saturated heterocycles. The zero-order valence-electron chi connectivity index (χ0n) is 10.8. The van der Waals surface area contributed by atoms with Crippen molar-refractivity contribution in [1.82, 2.24) is 5.32 Å². The van der Waals surface area contributed by atoms with E-state index < -0.39 is 0 Å². The van der Waals surface area contributed by atoms with Gasteiger partial charge in [-0.1, -0.05) is 5.92 Å². The van der Waals surface area contributed by atoms with Crippen molar-refractivity contribution >= 4 is 0 Å². The van der Waals surface area contributed by atoms with Crippen molar-refractivity contribution in [3.8, 4) is 23.8 Å². The van der Waals surface area contributed by atoms with E-state index in [1.807, 2.05) is 32.0 Å². The van der Waals surface area contributed by atoms with Crippen molar-refractivity contribution in [2.24, 2.45) is 0 Å². The standard InChI is InChI=1S/C14H19NO2/c1-6-14(2,3)15-10-11-9-12(16-4)7-8-13(11)17-5/h1,7-9,15H,10H2,2-5H3. The minimum absolute atomic E-state index is 0.339. The topological polar surface area (TPSA) is 30.5 Å². The Balaban J connectivity index is 2.85. The van der Waals surface area contributed by atoms with Gasteiger partial charge in [-0.3, -0.25) is 5.32 Å². The van der Waals surface area contributed by atoms with Crippen LogP contribution in [0.5, 0.6) is 11.5 Å². The predicted molar refractivity (Wildman–Crippen MR) is 69.3 cm³/mol. The van der Waals surface area contributed by atoms with Gasteiger partial charge in [0.05, 0.1) is 19.8 Å². The molecule has 0 aliphatic rings. The monoisotopic (exact) mass is 233 g/mol. The molecular formula is C14H19NO2. The first-order valence-electron chi connectivity index (χ1n) is 5.46. The first-order chi connectivity index (χ1) is 8.02. The Morgan fingerprint density at radius 2 is 2.00 bits per heavy atom. The van der Waals surface area contributed by atoms with E-state index in [-0.39, 0.29) is 5.54 Å². The highest BCUT2D eigenvalue weighted by Crippen LogP contribution is 2.24. The number of hydrogen-bond acceptors (Lipinski definition) is 3. The van der Waals surface area contributed by atoms with Crippen LogP contribution in [-0.2, 0) is 6.54 Å². The van der Waals surface area contributed by atoms with Gasteiger partial charge in [-0.2, -0.15) is 0 Å². The lowest BCUT2D eigenvalue weighted by Gasteiger charge is -2.20. The van der Waals surface area contributed by atoms with Crippen LogP contribution in [0.25, 0.3) is 0 Å². The van der Waals surface area contributed by atoms with E-state index in [9.17, 15) is 0 Å². The molecule has 0 fully saturated rings. The van der Waals surface area contributed by atoms with Crippen LogP contribution in [0.1, 0.15) is 19.4 Å². The van der Waals surface area contributed by atoms with Gasteiger partial charge >= 0.3 is 0 Å². The summed E-state index contributed by atoms with van der Waals surface area (Å²) < 4.78 is 10.5. The summed E-state index contributed by atoms with van der Waals surface area (Å²) in [6, 6.07) is 5.70. The second kappa shape index (κ2) is 5.60. The number of benzene rings is 1. The molecule has 0 aliphatic carbocycles. The van der Waals surface area contributed by atoms with E-state index in [1.165, 1.54) is 0 Å². The summed E-state index contributed by atoms with van der Waals surface area (Å²) in [5.41, 5.74) is 0.684. The summed E-state index contributed by atoms with van der Waals surface area (Å²) in [5.74, 6) is 4.33. The molecule has 0 atom stereocenters. The number of hydrogen-bond donors (Lipinski definition) is 1. The van der Waals surface area contributed by atoms with Gasteiger partial charge in [0.15, 0.2) is 0 Å². The van der Waals surface area contributed by atoms with E-state index in [4.69, 9.17) is 15.9 Å². The van der Waals surface area contributed by atoms with E-state index >= 15 is 0 Å². The third-order valence-corrected chi connectivity index (χ3v) is 2.57. The normalized spacial score (nSPS) is 10.8. The Bertz CT molecular complexity index is 419. The van der Waals surface area contributed by atoms with E-state index in [0.717, 1.165) is 17.1 Å². The van der Waals surface area contributed by atoms with Gasteiger partial charge in [0, 0.05) is 12.1 Å². The van der Waals surface area contributed by atoms with Crippen LogP contribution in [-0.4, -0.2) is 19.8 Å². The lowest BCUT2D eigenvalue weighted by molar-refractivity contribution is 0.393. The number of ether oxygens (including phenoxy) is 2. The molecule has 0 bridgehead atoms. The van der Waals surface area contributed by atoms with Crippen LogP contribution in [0.15, 0.2) is 18.2 Å². The number of terminal acetylenes is 1. The Morgan fingerprint density at radius 1 is 1.29 bits per heavy atom. The molecule has 3 nitrogen and oxygen atoms in total. The fourth-order valence-electron chi connectivity index (χ4n) is 1.39. The summed E-state index contributed by atoms with van der Waals surface area (Å²) >= 11 is 0. The van der Waals surface area contributed by atoms with E-state index in [0.29, 0.717) is 6.54 Å². The molecule has 92 valence electrons. The first kappa shape index (κ1) is 13.4. The average Bonchev–Trinajstić information content (AvgIpc) is 2.36. The third kappa shape index (κ3) is 3.69. The molecule has 1 aromatic rings. The molecule has 0 radical (unpaired) electrons. The van der Waals surface area contributed by atoms with Crippen molar-refractivity contribution < 1.29 is 9.47 Å². The van der Waals surface area contributed by atoms with Gasteiger partial charge in [-0.25, -0.2) is 0 Å². The molecule has 0 unspecified atom stereocenters. The molecule has 0 aliphatic heterocycles. The molecule has 1 N–H and O–H groups in total. The van der Waals surface area contributed by atoms with Gasteiger partial charge in [0.1, 0.15) is 11.5 Å². The second-order valence-corrected chi connectivity index (χ2v) is 4.30. The Hall–Kier alpha value is -1.66. The van der Waals surface area contributed by atoms with Crippen LogP contribution in [0.4, 0.5) is 0 Å². The van der Waals surface area contributed by atoms with Gasteiger partial charge in [-0.05, 0) is 32.0 Å². The van der Waals surface area contributed by atoms with Crippen molar-refractivity contribution in [1.29, 1.82) is 0 Å². The zero-order valence-corrected chi connectivity index (χ0v) is 10.8.